The van der Waals surface area contributed by atoms with Crippen LogP contribution in [0.5, 0.6) is 0 Å². The Bertz CT molecular complexity index is 459. The maximum atomic E-state index is 5.91. The van der Waals surface area contributed by atoms with Gasteiger partial charge in [0.25, 0.3) is 0 Å². The lowest BCUT2D eigenvalue weighted by atomic mass is 10.4. The second-order valence-electron chi connectivity index (χ2n) is 3.15. The number of hydrogen-bond donors (Lipinski definition) is 4. The average Bonchev–Trinajstić information content (AvgIpc) is 2.39. The molecule has 0 atom stereocenters. The van der Waals surface area contributed by atoms with Gasteiger partial charge in [-0.1, -0.05) is 35.0 Å². The highest BCUT2D eigenvalue weighted by Crippen LogP contribution is 2.30. The average molecular weight is 325 g/mol. The van der Waals surface area contributed by atoms with Gasteiger partial charge in [-0.25, -0.2) is 16.2 Å². The molecule has 0 aliphatic carbocycles. The van der Waals surface area contributed by atoms with Crippen LogP contribution in [0.3, 0.4) is 0 Å². The van der Waals surface area contributed by atoms with Crippen molar-refractivity contribution in [2.24, 2.45) is 11.6 Å². The van der Waals surface area contributed by atoms with E-state index >= 15 is 0 Å². The molecule has 0 heterocycles. The molecule has 9 heteroatoms. The van der Waals surface area contributed by atoms with Gasteiger partial charge in [-0.15, -0.1) is 4.99 Å². The third kappa shape index (κ3) is 5.35. The van der Waals surface area contributed by atoms with E-state index in [0.29, 0.717) is 21.7 Å². The zero-order valence-electron chi connectivity index (χ0n) is 10.1. The van der Waals surface area contributed by atoms with Crippen molar-refractivity contribution in [1.29, 1.82) is 0 Å². The van der Waals surface area contributed by atoms with Gasteiger partial charge >= 0.3 is 0 Å². The van der Waals surface area contributed by atoms with E-state index in [2.05, 4.69) is 20.8 Å². The first kappa shape index (κ1) is 16.2. The van der Waals surface area contributed by atoms with Crippen LogP contribution in [-0.2, 0) is 9.88 Å². The molecule has 0 saturated carbocycles. The summed E-state index contributed by atoms with van der Waals surface area (Å²) in [5.41, 5.74) is 10.7. The lowest BCUT2D eigenvalue weighted by Gasteiger charge is -2.12. The summed E-state index contributed by atoms with van der Waals surface area (Å²) in [6.45, 7) is 2.15. The highest BCUT2D eigenvalue weighted by Gasteiger charge is 2.07. The van der Waals surface area contributed by atoms with Gasteiger partial charge in [0, 0.05) is 4.90 Å². The van der Waals surface area contributed by atoms with E-state index in [-0.39, 0.29) is 5.82 Å². The van der Waals surface area contributed by atoms with Crippen LogP contribution in [0.4, 0.5) is 0 Å². The molecule has 0 amide bonds. The van der Waals surface area contributed by atoms with E-state index in [9.17, 15) is 0 Å². The minimum absolute atomic E-state index is 0.268. The molecular formula is C10H14Cl2N4O2S. The Morgan fingerprint density at radius 2 is 2.11 bits per heavy atom. The molecule has 1 aromatic carbocycles. The predicted molar refractivity (Wildman–Crippen MR) is 76.7 cm³/mol. The molecule has 106 valence electrons. The van der Waals surface area contributed by atoms with E-state index in [1.54, 1.807) is 25.1 Å². The van der Waals surface area contributed by atoms with E-state index in [4.69, 9.17) is 34.8 Å². The summed E-state index contributed by atoms with van der Waals surface area (Å²) in [5, 5.41) is 1.27. The molecule has 0 saturated heterocycles. The van der Waals surface area contributed by atoms with Gasteiger partial charge in [-0.3, -0.25) is 0 Å². The third-order valence-electron chi connectivity index (χ3n) is 1.83. The van der Waals surface area contributed by atoms with E-state index in [0.717, 1.165) is 4.90 Å². The molecule has 0 spiro atoms. The van der Waals surface area contributed by atoms with Crippen molar-refractivity contribution in [3.8, 4) is 0 Å². The Balaban J connectivity index is 2.73. The Hall–Kier alpha value is -0.830. The highest BCUT2D eigenvalue weighted by atomic mass is 35.5. The second-order valence-corrected chi connectivity index (χ2v) is 5.08. The van der Waals surface area contributed by atoms with Gasteiger partial charge in [-0.2, -0.15) is 0 Å². The summed E-state index contributed by atoms with van der Waals surface area (Å²) in [6, 6.07) is 5.15. The maximum Gasteiger partial charge on any atom is 0.170 e. The monoisotopic (exact) mass is 324 g/mol. The van der Waals surface area contributed by atoms with E-state index in [1.165, 1.54) is 11.8 Å². The van der Waals surface area contributed by atoms with Crippen LogP contribution >= 0.6 is 35.0 Å². The van der Waals surface area contributed by atoms with Crippen molar-refractivity contribution < 1.29 is 9.88 Å². The first-order valence-corrected chi connectivity index (χ1v) is 6.79. The van der Waals surface area contributed by atoms with Crippen LogP contribution < -0.4 is 22.5 Å². The highest BCUT2D eigenvalue weighted by molar-refractivity contribution is 8.03. The fourth-order valence-electron chi connectivity index (χ4n) is 0.999. The molecule has 0 unspecified atom stereocenters. The molecule has 0 aromatic heterocycles. The second kappa shape index (κ2) is 8.36. The molecule has 0 aliphatic rings. The lowest BCUT2D eigenvalue weighted by molar-refractivity contribution is -0.327. The number of nitrogens with two attached hydrogens (primary N) is 2. The molecule has 0 fully saturated rings. The largest absolute Gasteiger partial charge is 0.390 e. The summed E-state index contributed by atoms with van der Waals surface area (Å²) in [7, 11) is 0. The van der Waals surface area contributed by atoms with Crippen LogP contribution in [0.15, 0.2) is 33.9 Å². The molecule has 1 rings (SSSR count). The van der Waals surface area contributed by atoms with E-state index < -0.39 is 0 Å². The van der Waals surface area contributed by atoms with Crippen LogP contribution in [0.2, 0.25) is 10.0 Å². The Kier molecular flexibility index (Phi) is 7.14. The molecule has 1 aromatic rings. The van der Waals surface area contributed by atoms with Crippen molar-refractivity contribution in [3.05, 3.63) is 39.1 Å². The van der Waals surface area contributed by atoms with Crippen LogP contribution in [0.1, 0.15) is 6.92 Å². The zero-order valence-corrected chi connectivity index (χ0v) is 12.4. The first-order chi connectivity index (χ1) is 9.08. The summed E-state index contributed by atoms with van der Waals surface area (Å²) in [5.74, 6) is 5.59. The Morgan fingerprint density at radius 1 is 1.37 bits per heavy atom. The van der Waals surface area contributed by atoms with Gasteiger partial charge in [-0.05, 0) is 25.1 Å². The minimum Gasteiger partial charge on any atom is -0.390 e. The van der Waals surface area contributed by atoms with Crippen molar-refractivity contribution in [2.75, 3.05) is 6.61 Å². The summed E-state index contributed by atoms with van der Waals surface area (Å²) >= 11 is 13.0. The Morgan fingerprint density at radius 3 is 2.68 bits per heavy atom. The number of benzene rings is 1. The molecule has 19 heavy (non-hydrogen) atoms. The fourth-order valence-corrected chi connectivity index (χ4v) is 2.13. The number of halogens is 2. The fraction of sp³-hybridized carbons (Fsp3) is 0.200. The van der Waals surface area contributed by atoms with Gasteiger partial charge in [0.15, 0.2) is 5.82 Å². The number of hydrogen-bond acceptors (Lipinski definition) is 7. The third-order valence-corrected chi connectivity index (χ3v) is 3.48. The van der Waals surface area contributed by atoms with Crippen LogP contribution in [0.25, 0.3) is 0 Å². The number of thioether (sulfide) groups is 1. The van der Waals surface area contributed by atoms with Gasteiger partial charge in [0.05, 0.1) is 16.7 Å². The number of rotatable bonds is 7. The number of hydrazine groups is 1. The quantitative estimate of drug-likeness (QED) is 0.200. The minimum atomic E-state index is 0.268. The lowest BCUT2D eigenvalue weighted by Crippen LogP contribution is -2.34. The smallest absolute Gasteiger partial charge is 0.170 e. The number of hydroxylamine groups is 1. The zero-order chi connectivity index (χ0) is 14.3. The summed E-state index contributed by atoms with van der Waals surface area (Å²) in [4.78, 5) is 10.1. The summed E-state index contributed by atoms with van der Waals surface area (Å²) < 4.78 is 0. The molecule has 6 nitrogen and oxygen atoms in total. The van der Waals surface area contributed by atoms with Crippen LogP contribution in [-0.4, -0.2) is 6.61 Å². The normalized spacial score (nSPS) is 12.0. The van der Waals surface area contributed by atoms with Crippen molar-refractivity contribution in [2.45, 2.75) is 11.8 Å². The molecule has 6 N–H and O–H groups in total. The van der Waals surface area contributed by atoms with Crippen molar-refractivity contribution >= 4 is 35.0 Å². The van der Waals surface area contributed by atoms with Crippen molar-refractivity contribution in [3.63, 3.8) is 0 Å². The molecule has 0 bridgehead atoms. The Labute approximate surface area is 125 Å². The number of nitrogens with one attached hydrogen (secondary N) is 2. The predicted octanol–water partition coefficient (Wildman–Crippen LogP) is 2.11. The summed E-state index contributed by atoms with van der Waals surface area (Å²) in [6.07, 6.45) is 0. The maximum absolute atomic E-state index is 5.91. The van der Waals surface area contributed by atoms with Gasteiger partial charge < -0.3 is 11.2 Å². The van der Waals surface area contributed by atoms with Gasteiger partial charge in [0.2, 0.25) is 0 Å². The van der Waals surface area contributed by atoms with Crippen LogP contribution in [0, 0.1) is 0 Å². The standard InChI is InChI=1S/C10H14Cl2N4O2S/c1-2-17-18-16-10(15-14)9(13)19-6-3-4-7(11)8(12)5-6/h3-5,15-16H,2,13-14H2,1H3/b10-9-. The van der Waals surface area contributed by atoms with Gasteiger partial charge in [0.1, 0.15) is 5.03 Å². The molecule has 0 aliphatic heterocycles. The molecule has 0 radical (unpaired) electrons. The topological polar surface area (TPSA) is 94.6 Å². The van der Waals surface area contributed by atoms with E-state index in [1.807, 2.05) is 0 Å². The molecular weight excluding hydrogens is 311 g/mol. The van der Waals surface area contributed by atoms with Crippen molar-refractivity contribution in [1.82, 2.24) is 10.9 Å². The first-order valence-electron chi connectivity index (χ1n) is 5.22. The SMILES string of the molecule is CCOON/C(NN)=C(/N)Sc1ccc(Cl)c(Cl)c1.